The summed E-state index contributed by atoms with van der Waals surface area (Å²) in [6, 6.07) is 11.6. The van der Waals surface area contributed by atoms with Crippen LogP contribution in [0, 0.1) is 11.6 Å². The molecule has 0 saturated carbocycles. The van der Waals surface area contributed by atoms with Crippen molar-refractivity contribution >= 4 is 39.1 Å². The summed E-state index contributed by atoms with van der Waals surface area (Å²) >= 11 is 0. The molecular formula is C23H16F2N2O7S. The Bertz CT molecular complexity index is 1440. The summed E-state index contributed by atoms with van der Waals surface area (Å²) < 4.78 is 63.5. The number of amides is 1. The third-order valence-corrected chi connectivity index (χ3v) is 6.22. The number of rotatable bonds is 7. The minimum absolute atomic E-state index is 0.0414. The van der Waals surface area contributed by atoms with Crippen molar-refractivity contribution in [2.24, 2.45) is 0 Å². The van der Waals surface area contributed by atoms with E-state index in [0.717, 1.165) is 6.07 Å². The lowest BCUT2D eigenvalue weighted by atomic mass is 10.1. The van der Waals surface area contributed by atoms with Gasteiger partial charge in [0, 0.05) is 11.3 Å². The zero-order valence-electron chi connectivity index (χ0n) is 17.7. The van der Waals surface area contributed by atoms with Crippen LogP contribution in [0.1, 0.15) is 20.7 Å². The molecule has 4 rings (SSSR count). The third-order valence-electron chi connectivity index (χ3n) is 4.84. The van der Waals surface area contributed by atoms with Crippen LogP contribution in [0.3, 0.4) is 0 Å². The van der Waals surface area contributed by atoms with Gasteiger partial charge in [0.25, 0.3) is 15.9 Å². The highest BCUT2D eigenvalue weighted by molar-refractivity contribution is 7.92. The molecule has 1 aliphatic rings. The fourth-order valence-electron chi connectivity index (χ4n) is 3.09. The number of ether oxygens (including phenoxy) is 2. The first-order valence-electron chi connectivity index (χ1n) is 9.97. The predicted molar refractivity (Wildman–Crippen MR) is 119 cm³/mol. The maximum absolute atomic E-state index is 13.4. The van der Waals surface area contributed by atoms with E-state index in [9.17, 15) is 31.6 Å². The van der Waals surface area contributed by atoms with Crippen LogP contribution in [0.5, 0.6) is 5.75 Å². The highest BCUT2D eigenvalue weighted by Gasteiger charge is 2.20. The topological polar surface area (TPSA) is 128 Å². The number of benzene rings is 3. The van der Waals surface area contributed by atoms with Gasteiger partial charge < -0.3 is 14.8 Å². The van der Waals surface area contributed by atoms with Gasteiger partial charge in [0.05, 0.1) is 16.1 Å². The van der Waals surface area contributed by atoms with E-state index in [-0.39, 0.29) is 29.3 Å². The first-order valence-corrected chi connectivity index (χ1v) is 11.5. The summed E-state index contributed by atoms with van der Waals surface area (Å²) in [5.74, 6) is -3.78. The van der Waals surface area contributed by atoms with Gasteiger partial charge in [-0.2, -0.15) is 0 Å². The van der Waals surface area contributed by atoms with Crippen LogP contribution in [-0.2, 0) is 19.6 Å². The van der Waals surface area contributed by atoms with Crippen molar-refractivity contribution in [2.45, 2.75) is 4.90 Å². The maximum Gasteiger partial charge on any atom is 0.338 e. The van der Waals surface area contributed by atoms with Crippen LogP contribution in [0.4, 0.5) is 20.2 Å². The van der Waals surface area contributed by atoms with Gasteiger partial charge in [-0.15, -0.1) is 0 Å². The van der Waals surface area contributed by atoms with Crippen molar-refractivity contribution in [3.63, 3.8) is 0 Å². The summed E-state index contributed by atoms with van der Waals surface area (Å²) in [6.07, 6.45) is 0. The molecule has 35 heavy (non-hydrogen) atoms. The summed E-state index contributed by atoms with van der Waals surface area (Å²) in [7, 11) is -4.20. The second-order valence-electron chi connectivity index (χ2n) is 7.31. The number of halogens is 2. The number of nitrogens with one attached hydrogen (secondary N) is 2. The molecule has 0 saturated heterocycles. The number of Topliss-reactive ketones (excluding diaryl/α,β-unsaturated/α-hetero) is 1. The molecule has 0 bridgehead atoms. The number of anilines is 2. The number of carbonyl (C=O) groups is 3. The van der Waals surface area contributed by atoms with Crippen LogP contribution < -0.4 is 14.8 Å². The highest BCUT2D eigenvalue weighted by atomic mass is 32.2. The highest BCUT2D eigenvalue weighted by Crippen LogP contribution is 2.28. The molecule has 1 aliphatic heterocycles. The van der Waals surface area contributed by atoms with E-state index in [4.69, 9.17) is 9.47 Å². The molecule has 3 aromatic carbocycles. The molecule has 0 spiro atoms. The van der Waals surface area contributed by atoms with Crippen molar-refractivity contribution in [1.82, 2.24) is 0 Å². The number of carbonyl (C=O) groups excluding carboxylic acids is 3. The van der Waals surface area contributed by atoms with Gasteiger partial charge in [-0.3, -0.25) is 14.3 Å². The van der Waals surface area contributed by atoms with Gasteiger partial charge in [0.2, 0.25) is 0 Å². The van der Waals surface area contributed by atoms with Gasteiger partial charge in [-0.1, -0.05) is 0 Å². The fraction of sp³-hybridized carbons (Fsp3) is 0.0870. The monoisotopic (exact) mass is 502 g/mol. The lowest BCUT2D eigenvalue weighted by Gasteiger charge is -2.18. The van der Waals surface area contributed by atoms with E-state index < -0.39 is 44.9 Å². The normalized spacial score (nSPS) is 12.7. The quantitative estimate of drug-likeness (QED) is 0.375. The predicted octanol–water partition coefficient (Wildman–Crippen LogP) is 3.14. The lowest BCUT2D eigenvalue weighted by molar-refractivity contribution is -0.118. The van der Waals surface area contributed by atoms with E-state index in [0.29, 0.717) is 23.6 Å². The van der Waals surface area contributed by atoms with Crippen LogP contribution in [0.25, 0.3) is 0 Å². The van der Waals surface area contributed by atoms with Crippen LogP contribution in [0.2, 0.25) is 0 Å². The van der Waals surface area contributed by atoms with E-state index in [1.54, 1.807) is 0 Å². The average Bonchev–Trinajstić information content (AvgIpc) is 2.83. The van der Waals surface area contributed by atoms with Crippen molar-refractivity contribution in [1.29, 1.82) is 0 Å². The van der Waals surface area contributed by atoms with Gasteiger partial charge in [-0.05, 0) is 60.7 Å². The summed E-state index contributed by atoms with van der Waals surface area (Å²) in [5.41, 5.74) is 0.629. The minimum Gasteiger partial charge on any atom is -0.482 e. The Balaban J connectivity index is 1.37. The van der Waals surface area contributed by atoms with Gasteiger partial charge >= 0.3 is 5.97 Å². The second kappa shape index (κ2) is 9.50. The average molecular weight is 502 g/mol. The zero-order chi connectivity index (χ0) is 25.2. The van der Waals surface area contributed by atoms with Crippen molar-refractivity contribution in [2.75, 3.05) is 23.3 Å². The van der Waals surface area contributed by atoms with E-state index >= 15 is 0 Å². The summed E-state index contributed by atoms with van der Waals surface area (Å²) in [6.45, 7) is -0.695. The number of hydrogen-bond donors (Lipinski definition) is 2. The molecule has 0 radical (unpaired) electrons. The second-order valence-corrected chi connectivity index (χ2v) is 8.99. The van der Waals surface area contributed by atoms with Crippen molar-refractivity contribution < 1.29 is 41.1 Å². The molecule has 1 amide bonds. The minimum atomic E-state index is -4.20. The number of hydrogen-bond acceptors (Lipinski definition) is 7. The maximum atomic E-state index is 13.4. The molecular weight excluding hydrogens is 486 g/mol. The van der Waals surface area contributed by atoms with Crippen LogP contribution in [0.15, 0.2) is 65.6 Å². The van der Waals surface area contributed by atoms with Gasteiger partial charge in [0.15, 0.2) is 30.6 Å². The van der Waals surface area contributed by atoms with Crippen LogP contribution >= 0.6 is 0 Å². The van der Waals surface area contributed by atoms with Crippen molar-refractivity contribution in [3.05, 3.63) is 83.4 Å². The lowest BCUT2D eigenvalue weighted by Crippen LogP contribution is -2.25. The van der Waals surface area contributed by atoms with Crippen LogP contribution in [-0.4, -0.2) is 39.3 Å². The Kier molecular flexibility index (Phi) is 6.47. The molecule has 0 aliphatic carbocycles. The van der Waals surface area contributed by atoms with E-state index in [1.807, 2.05) is 0 Å². The molecule has 12 heteroatoms. The number of fused-ring (bicyclic) bond motifs is 1. The molecule has 1 heterocycles. The number of sulfonamides is 1. The largest absolute Gasteiger partial charge is 0.482 e. The fourth-order valence-corrected chi connectivity index (χ4v) is 4.16. The van der Waals surface area contributed by atoms with Gasteiger partial charge in [-0.25, -0.2) is 22.0 Å². The first-order chi connectivity index (χ1) is 16.6. The Morgan fingerprint density at radius 3 is 2.40 bits per heavy atom. The first kappa shape index (κ1) is 23.8. The summed E-state index contributed by atoms with van der Waals surface area (Å²) in [4.78, 5) is 35.6. The van der Waals surface area contributed by atoms with E-state index in [1.165, 1.54) is 42.5 Å². The Hall–Kier alpha value is -4.32. The molecule has 0 atom stereocenters. The Morgan fingerprint density at radius 2 is 1.69 bits per heavy atom. The summed E-state index contributed by atoms with van der Waals surface area (Å²) in [5, 5.41) is 2.57. The standard InChI is InChI=1S/C23H16F2N2O7S/c24-17-7-6-16(10-18(17)25)35(31,32)27-15-4-1-13(2-5-15)23(30)34-11-20(28)14-3-8-21-19(9-14)26-22(29)12-33-21/h1-10,27H,11-12H2,(H,26,29). The smallest absolute Gasteiger partial charge is 0.338 e. The molecule has 0 fully saturated rings. The number of esters is 1. The Labute approximate surface area is 197 Å². The molecule has 180 valence electrons. The number of ketones is 1. The molecule has 9 nitrogen and oxygen atoms in total. The molecule has 0 aromatic heterocycles. The molecule has 3 aromatic rings. The third kappa shape index (κ3) is 5.44. The Morgan fingerprint density at radius 1 is 0.971 bits per heavy atom. The zero-order valence-corrected chi connectivity index (χ0v) is 18.5. The molecule has 2 N–H and O–H groups in total. The molecule has 0 unspecified atom stereocenters. The van der Waals surface area contributed by atoms with E-state index in [2.05, 4.69) is 10.0 Å². The van der Waals surface area contributed by atoms with Crippen molar-refractivity contribution in [3.8, 4) is 5.75 Å². The SMILES string of the molecule is O=C1COc2ccc(C(=O)COC(=O)c3ccc(NS(=O)(=O)c4ccc(F)c(F)c4)cc3)cc2N1. The van der Waals surface area contributed by atoms with Gasteiger partial charge in [0.1, 0.15) is 5.75 Å².